The van der Waals surface area contributed by atoms with Gasteiger partial charge in [-0.15, -0.1) is 0 Å². The van der Waals surface area contributed by atoms with E-state index in [-0.39, 0.29) is 31.8 Å². The van der Waals surface area contributed by atoms with Crippen molar-refractivity contribution in [1.82, 2.24) is 19.9 Å². The summed E-state index contributed by atoms with van der Waals surface area (Å²) >= 11 is 0. The van der Waals surface area contributed by atoms with Crippen LogP contribution in [0.4, 0.5) is 0 Å². The number of hydroxylamine groups is 2. The van der Waals surface area contributed by atoms with Crippen LogP contribution in [0.5, 0.6) is 0 Å². The van der Waals surface area contributed by atoms with Crippen molar-refractivity contribution >= 4 is 18.7 Å². The molecule has 0 bridgehead atoms. The highest BCUT2D eigenvalue weighted by Crippen LogP contribution is 2.13. The Kier molecular flexibility index (Phi) is 17.2. The molecule has 0 spiro atoms. The summed E-state index contributed by atoms with van der Waals surface area (Å²) in [6.07, 6.45) is 2.93. The van der Waals surface area contributed by atoms with Crippen LogP contribution in [0.15, 0.2) is 24.3 Å². The van der Waals surface area contributed by atoms with Crippen molar-refractivity contribution < 1.29 is 38.3 Å². The minimum Gasteiger partial charge on any atom is -0.459 e. The summed E-state index contributed by atoms with van der Waals surface area (Å²) in [5, 5.41) is 1.51. The Morgan fingerprint density at radius 2 is 1.22 bits per heavy atom. The Labute approximate surface area is 269 Å². The van der Waals surface area contributed by atoms with Crippen LogP contribution in [0, 0.1) is 0 Å². The van der Waals surface area contributed by atoms with Gasteiger partial charge in [-0.05, 0) is 71.9 Å². The third kappa shape index (κ3) is 17.7. The predicted molar refractivity (Wildman–Crippen MR) is 171 cm³/mol. The van der Waals surface area contributed by atoms with Gasteiger partial charge in [0.05, 0.1) is 32.8 Å². The number of esters is 2. The lowest BCUT2D eigenvalue weighted by Crippen LogP contribution is -2.42. The van der Waals surface area contributed by atoms with Crippen LogP contribution in [-0.4, -0.2) is 129 Å². The predicted octanol–water partition coefficient (Wildman–Crippen LogP) is 3.08. The SMILES string of the molecule is C=O.CC(C)(C)OC(=O)CN1CCN(CC(=O)OC(C)(C)C)CCN(Cc2ccc(CCOCON3CCCCO3)cc2)CC1. The van der Waals surface area contributed by atoms with Gasteiger partial charge < -0.3 is 19.0 Å². The molecule has 45 heavy (non-hydrogen) atoms. The largest absolute Gasteiger partial charge is 0.459 e. The van der Waals surface area contributed by atoms with E-state index in [1.165, 1.54) is 16.4 Å². The molecule has 0 amide bonds. The second-order valence-corrected chi connectivity index (χ2v) is 13.3. The van der Waals surface area contributed by atoms with Gasteiger partial charge in [-0.1, -0.05) is 29.5 Å². The molecule has 0 N–H and O–H groups in total. The number of ether oxygens (including phenoxy) is 3. The lowest BCUT2D eigenvalue weighted by Gasteiger charge is -2.27. The summed E-state index contributed by atoms with van der Waals surface area (Å²) in [5.41, 5.74) is 1.36. The van der Waals surface area contributed by atoms with E-state index in [0.29, 0.717) is 26.3 Å². The molecule has 2 saturated heterocycles. The molecule has 3 rings (SSSR count). The van der Waals surface area contributed by atoms with Gasteiger partial charge in [0.1, 0.15) is 18.0 Å². The highest BCUT2D eigenvalue weighted by atomic mass is 17.0. The first-order chi connectivity index (χ1) is 21.3. The number of benzene rings is 1. The van der Waals surface area contributed by atoms with E-state index in [9.17, 15) is 9.59 Å². The Hall–Kier alpha value is -2.45. The summed E-state index contributed by atoms with van der Waals surface area (Å²) in [4.78, 5) is 50.8. The third-order valence-electron chi connectivity index (χ3n) is 6.96. The zero-order chi connectivity index (χ0) is 33.3. The molecule has 2 aliphatic heterocycles. The number of hydrogen-bond donors (Lipinski definition) is 0. The van der Waals surface area contributed by atoms with Crippen molar-refractivity contribution in [3.63, 3.8) is 0 Å². The second-order valence-electron chi connectivity index (χ2n) is 13.3. The minimum absolute atomic E-state index is 0.183. The highest BCUT2D eigenvalue weighted by Gasteiger charge is 2.24. The maximum atomic E-state index is 12.6. The number of rotatable bonds is 12. The fraction of sp³-hybridized carbons (Fsp3) is 0.727. The van der Waals surface area contributed by atoms with Crippen molar-refractivity contribution in [1.29, 1.82) is 0 Å². The van der Waals surface area contributed by atoms with Crippen LogP contribution < -0.4 is 0 Å². The molecule has 0 unspecified atom stereocenters. The quantitative estimate of drug-likeness (QED) is 0.191. The fourth-order valence-corrected chi connectivity index (χ4v) is 4.86. The number of hydrogen-bond acceptors (Lipinski definition) is 12. The summed E-state index contributed by atoms with van der Waals surface area (Å²) < 4.78 is 16.8. The maximum absolute atomic E-state index is 12.6. The molecule has 0 aliphatic carbocycles. The lowest BCUT2D eigenvalue weighted by molar-refractivity contribution is -0.400. The van der Waals surface area contributed by atoms with Crippen LogP contribution in [0.3, 0.4) is 0 Å². The number of nitrogens with zero attached hydrogens (tertiary/aromatic N) is 4. The van der Waals surface area contributed by atoms with E-state index >= 15 is 0 Å². The number of carbonyl (C=O) groups is 3. The molecule has 12 nitrogen and oxygen atoms in total. The van der Waals surface area contributed by atoms with Gasteiger partial charge in [0, 0.05) is 45.8 Å². The van der Waals surface area contributed by atoms with Gasteiger partial charge in [-0.2, -0.15) is 0 Å². The topological polar surface area (TPSA) is 110 Å². The van der Waals surface area contributed by atoms with E-state index < -0.39 is 11.2 Å². The Balaban J connectivity index is 0.00000345. The molecule has 1 aromatic carbocycles. The van der Waals surface area contributed by atoms with Gasteiger partial charge in [0.15, 0.2) is 6.79 Å². The van der Waals surface area contributed by atoms with Crippen molar-refractivity contribution in [2.45, 2.75) is 78.6 Å². The molecule has 2 aliphatic rings. The van der Waals surface area contributed by atoms with Crippen molar-refractivity contribution in [2.75, 3.05) is 78.9 Å². The van der Waals surface area contributed by atoms with Crippen molar-refractivity contribution in [2.24, 2.45) is 0 Å². The molecular formula is C33H56N4O8. The first-order valence-corrected chi connectivity index (χ1v) is 15.9. The molecule has 0 saturated carbocycles. The van der Waals surface area contributed by atoms with Crippen LogP contribution >= 0.6 is 0 Å². The molecule has 0 aromatic heterocycles. The fourth-order valence-electron chi connectivity index (χ4n) is 4.86. The molecule has 256 valence electrons. The molecule has 2 heterocycles. The van der Waals surface area contributed by atoms with E-state index in [2.05, 4.69) is 39.0 Å². The van der Waals surface area contributed by atoms with Gasteiger partial charge in [-0.25, -0.2) is 4.84 Å². The van der Waals surface area contributed by atoms with Crippen LogP contribution in [0.2, 0.25) is 0 Å². The monoisotopic (exact) mass is 636 g/mol. The van der Waals surface area contributed by atoms with Crippen LogP contribution in [0.25, 0.3) is 0 Å². The normalized spacial score (nSPS) is 18.2. The van der Waals surface area contributed by atoms with E-state index in [1.54, 1.807) is 0 Å². The van der Waals surface area contributed by atoms with Gasteiger partial charge in [0.2, 0.25) is 0 Å². The smallest absolute Gasteiger partial charge is 0.320 e. The average molecular weight is 637 g/mol. The summed E-state index contributed by atoms with van der Waals surface area (Å²) in [6.45, 7) is 21.1. The second kappa shape index (κ2) is 19.9. The van der Waals surface area contributed by atoms with Crippen molar-refractivity contribution in [3.05, 3.63) is 35.4 Å². The Morgan fingerprint density at radius 1 is 0.733 bits per heavy atom. The Morgan fingerprint density at radius 3 is 1.69 bits per heavy atom. The summed E-state index contributed by atoms with van der Waals surface area (Å²) in [5.74, 6) is -0.467. The highest BCUT2D eigenvalue weighted by molar-refractivity contribution is 5.72. The molecule has 12 heteroatoms. The van der Waals surface area contributed by atoms with E-state index in [1.807, 2.05) is 48.3 Å². The molecule has 0 radical (unpaired) electrons. The molecule has 2 fully saturated rings. The van der Waals surface area contributed by atoms with Gasteiger partial charge in [0.25, 0.3) is 0 Å². The van der Waals surface area contributed by atoms with Gasteiger partial charge >= 0.3 is 11.9 Å². The first-order valence-electron chi connectivity index (χ1n) is 15.9. The molecule has 0 atom stereocenters. The molecular weight excluding hydrogens is 580 g/mol. The molecule has 1 aromatic rings. The Bertz CT molecular complexity index is 948. The summed E-state index contributed by atoms with van der Waals surface area (Å²) in [6, 6.07) is 8.62. The summed E-state index contributed by atoms with van der Waals surface area (Å²) in [7, 11) is 0. The van der Waals surface area contributed by atoms with Crippen LogP contribution in [0.1, 0.15) is 65.5 Å². The van der Waals surface area contributed by atoms with E-state index in [4.69, 9.17) is 28.7 Å². The van der Waals surface area contributed by atoms with Crippen molar-refractivity contribution in [3.8, 4) is 0 Å². The number of carbonyl (C=O) groups excluding carboxylic acids is 3. The zero-order valence-electron chi connectivity index (χ0n) is 28.4. The standard InChI is InChI=1S/C32H54N4O7.CH2O/c1-31(2,3)42-29(37)24-34-17-15-33(16-18-35(20-19-34)25-30(38)43-32(4,5)6)23-28-11-9-27(10-12-28)13-22-39-26-41-36-14-7-8-21-40-36;1-2/h9-12H,7-8,13-26H2,1-6H3;1H2. The maximum Gasteiger partial charge on any atom is 0.320 e. The lowest BCUT2D eigenvalue weighted by atomic mass is 10.1. The van der Waals surface area contributed by atoms with E-state index in [0.717, 1.165) is 58.5 Å². The minimum atomic E-state index is -0.528. The van der Waals surface area contributed by atoms with Gasteiger partial charge in [-0.3, -0.25) is 29.1 Å². The average Bonchev–Trinajstić information content (AvgIpc) is 3.05. The first kappa shape index (κ1) is 38.7. The van der Waals surface area contributed by atoms with Crippen LogP contribution in [-0.2, 0) is 51.2 Å². The zero-order valence-corrected chi connectivity index (χ0v) is 28.4. The third-order valence-corrected chi connectivity index (χ3v) is 6.96.